The molecule has 3 unspecified atom stereocenters. The molecule has 2 bridgehead atoms. The molecule has 4 N–H and O–H groups in total. The number of hydrogen-bond donors (Lipinski definition) is 3. The molecule has 0 saturated carbocycles. The zero-order valence-electron chi connectivity index (χ0n) is 8.85. The molecule has 2 heterocycles. The van der Waals surface area contributed by atoms with Gasteiger partial charge in [-0.3, -0.25) is 0 Å². The van der Waals surface area contributed by atoms with Crippen molar-refractivity contribution in [2.45, 2.75) is 50.4 Å². The zero-order valence-corrected chi connectivity index (χ0v) is 8.85. The van der Waals surface area contributed by atoms with Crippen molar-refractivity contribution in [2.75, 3.05) is 6.54 Å². The largest absolute Gasteiger partial charge is 0.409 e. The van der Waals surface area contributed by atoms with Gasteiger partial charge in [-0.25, -0.2) is 0 Å². The third-order valence-corrected chi connectivity index (χ3v) is 3.25. The van der Waals surface area contributed by atoms with Crippen LogP contribution < -0.4 is 11.1 Å². The molecule has 5 nitrogen and oxygen atoms in total. The van der Waals surface area contributed by atoms with E-state index in [4.69, 9.17) is 15.7 Å². The Labute approximate surface area is 89.7 Å². The molecule has 0 aromatic heterocycles. The summed E-state index contributed by atoms with van der Waals surface area (Å²) in [6, 6.07) is 0.524. The smallest absolute Gasteiger partial charge is 0.139 e. The minimum Gasteiger partial charge on any atom is -0.409 e. The van der Waals surface area contributed by atoms with Gasteiger partial charge >= 0.3 is 0 Å². The Morgan fingerprint density at radius 1 is 1.53 bits per heavy atom. The number of oxime groups is 1. The lowest BCUT2D eigenvalue weighted by atomic mass is 9.95. The molecule has 15 heavy (non-hydrogen) atoms. The average molecular weight is 213 g/mol. The highest BCUT2D eigenvalue weighted by Gasteiger charge is 2.40. The standard InChI is InChI=1S/C10H19N3O2/c11-10(13-14)2-1-5-12-8-6-7-3-4-9(8)15-7/h7-9,12,14H,1-6H2,(H2,11,13). The lowest BCUT2D eigenvalue weighted by Gasteiger charge is -2.19. The summed E-state index contributed by atoms with van der Waals surface area (Å²) in [5.74, 6) is 0.306. The van der Waals surface area contributed by atoms with Crippen molar-refractivity contribution in [3.8, 4) is 0 Å². The quantitative estimate of drug-likeness (QED) is 0.203. The molecule has 3 atom stereocenters. The number of rotatable bonds is 5. The molecular formula is C10H19N3O2. The Morgan fingerprint density at radius 2 is 2.40 bits per heavy atom. The van der Waals surface area contributed by atoms with Crippen LogP contribution in [0.25, 0.3) is 0 Å². The van der Waals surface area contributed by atoms with Crippen LogP contribution in [0.2, 0.25) is 0 Å². The van der Waals surface area contributed by atoms with E-state index < -0.39 is 0 Å². The van der Waals surface area contributed by atoms with Gasteiger partial charge in [0.25, 0.3) is 0 Å². The second-order valence-electron chi connectivity index (χ2n) is 4.37. The Kier molecular flexibility index (Phi) is 3.43. The van der Waals surface area contributed by atoms with E-state index >= 15 is 0 Å². The molecule has 2 aliphatic rings. The van der Waals surface area contributed by atoms with Crippen molar-refractivity contribution in [2.24, 2.45) is 10.9 Å². The molecule has 86 valence electrons. The molecule has 0 aromatic carbocycles. The van der Waals surface area contributed by atoms with Crippen LogP contribution in [-0.2, 0) is 4.74 Å². The third kappa shape index (κ3) is 2.60. The van der Waals surface area contributed by atoms with Gasteiger partial charge in [0.15, 0.2) is 0 Å². The summed E-state index contributed by atoms with van der Waals surface area (Å²) in [5.41, 5.74) is 5.38. The fraction of sp³-hybridized carbons (Fsp3) is 0.900. The van der Waals surface area contributed by atoms with E-state index in [1.807, 2.05) is 0 Å². The Hall–Kier alpha value is -0.810. The van der Waals surface area contributed by atoms with Crippen LogP contribution >= 0.6 is 0 Å². The maximum atomic E-state index is 8.35. The summed E-state index contributed by atoms with van der Waals surface area (Å²) >= 11 is 0. The number of ether oxygens (including phenoxy) is 1. The van der Waals surface area contributed by atoms with E-state index in [0.717, 1.165) is 19.4 Å². The molecule has 5 heteroatoms. The van der Waals surface area contributed by atoms with E-state index in [0.29, 0.717) is 30.5 Å². The molecule has 2 rings (SSSR count). The number of nitrogens with zero attached hydrogens (tertiary/aromatic N) is 1. The topological polar surface area (TPSA) is 79.9 Å². The van der Waals surface area contributed by atoms with Crippen LogP contribution in [0, 0.1) is 0 Å². The minimum atomic E-state index is 0.306. The molecule has 0 radical (unpaired) electrons. The molecule has 0 amide bonds. The summed E-state index contributed by atoms with van der Waals surface area (Å²) in [6.07, 6.45) is 6.05. The lowest BCUT2D eigenvalue weighted by molar-refractivity contribution is 0.0975. The van der Waals surface area contributed by atoms with Gasteiger partial charge in [-0.2, -0.15) is 0 Å². The van der Waals surface area contributed by atoms with Crippen LogP contribution in [0.3, 0.4) is 0 Å². The first-order valence-corrected chi connectivity index (χ1v) is 5.65. The molecular weight excluding hydrogens is 194 g/mol. The van der Waals surface area contributed by atoms with Crippen molar-refractivity contribution < 1.29 is 9.94 Å². The van der Waals surface area contributed by atoms with E-state index in [1.165, 1.54) is 12.8 Å². The first-order chi connectivity index (χ1) is 7.29. The molecule has 2 aliphatic heterocycles. The number of nitrogens with two attached hydrogens (primary N) is 1. The Balaban J connectivity index is 1.59. The predicted molar refractivity (Wildman–Crippen MR) is 56.9 cm³/mol. The maximum absolute atomic E-state index is 8.35. The summed E-state index contributed by atoms with van der Waals surface area (Å²) in [7, 11) is 0. The first kappa shape index (κ1) is 10.7. The van der Waals surface area contributed by atoms with E-state index in [9.17, 15) is 0 Å². The number of amidine groups is 1. The van der Waals surface area contributed by atoms with Gasteiger partial charge in [0.05, 0.1) is 12.2 Å². The summed E-state index contributed by atoms with van der Waals surface area (Å²) in [6.45, 7) is 0.910. The van der Waals surface area contributed by atoms with Crippen molar-refractivity contribution in [1.82, 2.24) is 5.32 Å². The van der Waals surface area contributed by atoms with Crippen LogP contribution in [0.15, 0.2) is 5.16 Å². The van der Waals surface area contributed by atoms with Crippen LogP contribution in [-0.4, -0.2) is 35.8 Å². The van der Waals surface area contributed by atoms with Gasteiger partial charge in [-0.1, -0.05) is 5.16 Å². The number of nitrogens with one attached hydrogen (secondary N) is 1. The van der Waals surface area contributed by atoms with Crippen LogP contribution in [0.5, 0.6) is 0 Å². The van der Waals surface area contributed by atoms with E-state index in [-0.39, 0.29) is 0 Å². The molecule has 0 aliphatic carbocycles. The highest BCUT2D eigenvalue weighted by molar-refractivity contribution is 5.79. The third-order valence-electron chi connectivity index (χ3n) is 3.25. The fourth-order valence-electron chi connectivity index (χ4n) is 2.46. The van der Waals surface area contributed by atoms with E-state index in [2.05, 4.69) is 10.5 Å². The highest BCUT2D eigenvalue weighted by atomic mass is 16.5. The Bertz CT molecular complexity index is 245. The second-order valence-corrected chi connectivity index (χ2v) is 4.37. The number of fused-ring (bicyclic) bond motifs is 2. The SMILES string of the molecule is NC(CCCNC1CC2CCC1O2)=NO. The Morgan fingerprint density at radius 3 is 3.00 bits per heavy atom. The summed E-state index contributed by atoms with van der Waals surface area (Å²) in [4.78, 5) is 0. The summed E-state index contributed by atoms with van der Waals surface area (Å²) < 4.78 is 5.73. The van der Waals surface area contributed by atoms with E-state index in [1.54, 1.807) is 0 Å². The van der Waals surface area contributed by atoms with Gasteiger partial charge in [0, 0.05) is 12.5 Å². The van der Waals surface area contributed by atoms with Crippen molar-refractivity contribution in [3.63, 3.8) is 0 Å². The normalized spacial score (nSPS) is 34.9. The first-order valence-electron chi connectivity index (χ1n) is 5.65. The van der Waals surface area contributed by atoms with Gasteiger partial charge < -0.3 is 21.0 Å². The highest BCUT2D eigenvalue weighted by Crippen LogP contribution is 2.34. The molecule has 2 fully saturated rings. The predicted octanol–water partition coefficient (Wildman–Crippen LogP) is 0.422. The van der Waals surface area contributed by atoms with Gasteiger partial charge in [-0.05, 0) is 32.2 Å². The van der Waals surface area contributed by atoms with Crippen LogP contribution in [0.1, 0.15) is 32.1 Å². The van der Waals surface area contributed by atoms with Crippen molar-refractivity contribution in [3.05, 3.63) is 0 Å². The maximum Gasteiger partial charge on any atom is 0.139 e. The molecule has 0 aromatic rings. The summed E-state index contributed by atoms with van der Waals surface area (Å²) in [5, 5.41) is 14.8. The fourth-order valence-corrected chi connectivity index (χ4v) is 2.46. The van der Waals surface area contributed by atoms with Crippen LogP contribution in [0.4, 0.5) is 0 Å². The minimum absolute atomic E-state index is 0.306. The van der Waals surface area contributed by atoms with Gasteiger partial charge in [-0.15, -0.1) is 0 Å². The van der Waals surface area contributed by atoms with Crippen molar-refractivity contribution >= 4 is 5.84 Å². The lowest BCUT2D eigenvalue weighted by Crippen LogP contribution is -2.38. The zero-order chi connectivity index (χ0) is 10.7. The molecule has 2 saturated heterocycles. The second kappa shape index (κ2) is 4.81. The average Bonchev–Trinajstić information content (AvgIpc) is 2.85. The van der Waals surface area contributed by atoms with Gasteiger partial charge in [0.1, 0.15) is 5.84 Å². The van der Waals surface area contributed by atoms with Crippen molar-refractivity contribution in [1.29, 1.82) is 0 Å². The van der Waals surface area contributed by atoms with Gasteiger partial charge in [0.2, 0.25) is 0 Å². The monoisotopic (exact) mass is 213 g/mol. The number of hydrogen-bond acceptors (Lipinski definition) is 4. The molecule has 0 spiro atoms.